The zero-order valence-corrected chi connectivity index (χ0v) is 24.1. The second-order valence-corrected chi connectivity index (χ2v) is 14.8. The Morgan fingerprint density at radius 3 is 1.76 bits per heavy atom. The highest BCUT2D eigenvalue weighted by atomic mass is 16.6. The lowest BCUT2D eigenvalue weighted by Crippen LogP contribution is -2.53. The number of nitrogens with two attached hydrogens (primary N) is 1. The predicted octanol–water partition coefficient (Wildman–Crippen LogP) is 3.85. The molecular formula is C31H41N5O6. The van der Waals surface area contributed by atoms with Gasteiger partial charge in [0.2, 0.25) is 5.95 Å². The predicted molar refractivity (Wildman–Crippen MR) is 151 cm³/mol. The summed E-state index contributed by atoms with van der Waals surface area (Å²) >= 11 is 0. The molecule has 8 aliphatic rings. The van der Waals surface area contributed by atoms with Crippen LogP contribution in [0.4, 0.5) is 5.95 Å². The number of ether oxygens (including phenoxy) is 3. The Bertz CT molecular complexity index is 1330. The lowest BCUT2D eigenvalue weighted by Gasteiger charge is -2.55. The lowest BCUT2D eigenvalue weighted by atomic mass is 9.54. The van der Waals surface area contributed by atoms with Gasteiger partial charge in [0.1, 0.15) is 17.9 Å². The van der Waals surface area contributed by atoms with Gasteiger partial charge in [-0.3, -0.25) is 23.9 Å². The van der Waals surface area contributed by atoms with Crippen molar-refractivity contribution in [1.29, 1.82) is 0 Å². The van der Waals surface area contributed by atoms with Crippen LogP contribution in [0.25, 0.3) is 11.2 Å². The Labute approximate surface area is 244 Å². The SMILES string of the molecule is Nc1nc2c(ncn2COC(CC(=O)OC23CC4CC(CC(C4)C2)C3)CC(=O)OC23CC4CC(CC(C4)C2)C3)c(=O)[nH]1. The van der Waals surface area contributed by atoms with Crippen LogP contribution < -0.4 is 11.3 Å². The highest BCUT2D eigenvalue weighted by molar-refractivity contribution is 5.74. The van der Waals surface area contributed by atoms with Crippen LogP contribution in [-0.2, 0) is 30.5 Å². The van der Waals surface area contributed by atoms with Gasteiger partial charge in [-0.1, -0.05) is 0 Å². The monoisotopic (exact) mass is 579 g/mol. The van der Waals surface area contributed by atoms with Crippen molar-refractivity contribution in [3.05, 3.63) is 16.7 Å². The van der Waals surface area contributed by atoms with Crippen LogP contribution >= 0.6 is 0 Å². The van der Waals surface area contributed by atoms with Gasteiger partial charge in [-0.15, -0.1) is 0 Å². The number of aromatic nitrogens is 4. The van der Waals surface area contributed by atoms with Crippen LogP contribution in [-0.4, -0.2) is 48.8 Å². The molecule has 0 aliphatic heterocycles. The van der Waals surface area contributed by atoms with Crippen molar-refractivity contribution in [2.45, 2.75) is 114 Å². The maximum atomic E-state index is 13.4. The molecule has 42 heavy (non-hydrogen) atoms. The van der Waals surface area contributed by atoms with Crippen molar-refractivity contribution >= 4 is 29.1 Å². The van der Waals surface area contributed by atoms with E-state index in [4.69, 9.17) is 19.9 Å². The molecule has 8 saturated carbocycles. The number of esters is 2. The number of imidazole rings is 1. The fraction of sp³-hybridized carbons (Fsp3) is 0.774. The molecule has 0 saturated heterocycles. The molecular weight excluding hydrogens is 538 g/mol. The molecule has 3 N–H and O–H groups in total. The first-order valence-corrected chi connectivity index (χ1v) is 16.0. The Morgan fingerprint density at radius 1 is 0.857 bits per heavy atom. The van der Waals surface area contributed by atoms with Crippen molar-refractivity contribution in [3.8, 4) is 0 Å². The molecule has 0 spiro atoms. The van der Waals surface area contributed by atoms with E-state index in [1.54, 1.807) is 4.57 Å². The number of nitrogens with one attached hydrogen (secondary N) is 1. The van der Waals surface area contributed by atoms with E-state index in [-0.39, 0.29) is 59.8 Å². The number of carbonyl (C=O) groups is 2. The summed E-state index contributed by atoms with van der Waals surface area (Å²) in [7, 11) is 0. The van der Waals surface area contributed by atoms with Crippen molar-refractivity contribution in [3.63, 3.8) is 0 Å². The van der Waals surface area contributed by atoms with E-state index in [9.17, 15) is 14.4 Å². The van der Waals surface area contributed by atoms with Gasteiger partial charge in [0.05, 0.1) is 25.3 Å². The highest BCUT2D eigenvalue weighted by Gasteiger charge is 2.54. The molecule has 0 amide bonds. The summed E-state index contributed by atoms with van der Waals surface area (Å²) in [5.74, 6) is 3.27. The minimum Gasteiger partial charge on any atom is -0.459 e. The first-order chi connectivity index (χ1) is 20.2. The summed E-state index contributed by atoms with van der Waals surface area (Å²) in [5.41, 5.74) is 5.02. The number of fused-ring (bicyclic) bond motifs is 1. The summed E-state index contributed by atoms with van der Waals surface area (Å²) in [6.45, 7) is -0.0493. The van der Waals surface area contributed by atoms with Crippen LogP contribution in [0.15, 0.2) is 11.1 Å². The molecule has 2 aromatic rings. The molecule has 8 fully saturated rings. The number of hydrogen-bond acceptors (Lipinski definition) is 9. The molecule has 8 aliphatic carbocycles. The second kappa shape index (κ2) is 9.79. The summed E-state index contributed by atoms with van der Waals surface area (Å²) in [6, 6.07) is 0. The van der Waals surface area contributed by atoms with E-state index in [1.807, 2.05) is 0 Å². The average molecular weight is 580 g/mol. The number of carbonyl (C=O) groups excluding carboxylic acids is 2. The van der Waals surface area contributed by atoms with E-state index in [0.29, 0.717) is 35.5 Å². The summed E-state index contributed by atoms with van der Waals surface area (Å²) < 4.78 is 20.3. The molecule has 0 radical (unpaired) electrons. The normalized spacial score (nSPS) is 38.2. The third kappa shape index (κ3) is 4.91. The molecule has 11 heteroatoms. The van der Waals surface area contributed by atoms with E-state index in [1.165, 1.54) is 44.9 Å². The summed E-state index contributed by atoms with van der Waals surface area (Å²) in [6.07, 6.45) is 13.9. The topological polar surface area (TPSA) is 151 Å². The fourth-order valence-electron chi connectivity index (χ4n) is 10.7. The van der Waals surface area contributed by atoms with E-state index in [2.05, 4.69) is 15.0 Å². The Balaban J connectivity index is 0.975. The maximum Gasteiger partial charge on any atom is 0.308 e. The number of H-pyrrole nitrogens is 1. The second-order valence-electron chi connectivity index (χ2n) is 14.8. The number of hydrogen-bond donors (Lipinski definition) is 2. The van der Waals surface area contributed by atoms with Gasteiger partial charge in [-0.05, 0) is 113 Å². The molecule has 0 unspecified atom stereocenters. The van der Waals surface area contributed by atoms with Gasteiger partial charge in [0.25, 0.3) is 5.56 Å². The molecule has 10 rings (SSSR count). The van der Waals surface area contributed by atoms with Gasteiger partial charge in [-0.25, -0.2) is 4.98 Å². The van der Waals surface area contributed by atoms with Gasteiger partial charge in [-0.2, -0.15) is 4.98 Å². The van der Waals surface area contributed by atoms with Crippen LogP contribution in [0.3, 0.4) is 0 Å². The number of nitrogens with zero attached hydrogens (tertiary/aromatic N) is 3. The summed E-state index contributed by atoms with van der Waals surface area (Å²) in [4.78, 5) is 49.9. The lowest BCUT2D eigenvalue weighted by molar-refractivity contribution is -0.193. The van der Waals surface area contributed by atoms with Crippen molar-refractivity contribution < 1.29 is 23.8 Å². The van der Waals surface area contributed by atoms with Crippen LogP contribution in [0, 0.1) is 35.5 Å². The standard InChI is InChI=1S/C31H41N5O6/c32-29-34-27-26(28(39)35-29)33-15-36(27)16-40-23(7-24(37)41-30-9-17-1-18(10-30)3-19(2-17)11-30)8-25(38)42-31-12-20-4-21(13-31)6-22(5-20)14-31/h15,17-23H,1-14,16H2,(H3,32,34,35,39). The van der Waals surface area contributed by atoms with Gasteiger partial charge in [0.15, 0.2) is 11.2 Å². The number of rotatable bonds is 9. The minimum absolute atomic E-state index is 0.0240. The largest absolute Gasteiger partial charge is 0.459 e. The van der Waals surface area contributed by atoms with Crippen molar-refractivity contribution in [1.82, 2.24) is 19.5 Å². The number of anilines is 1. The molecule has 0 aromatic carbocycles. The zero-order chi connectivity index (χ0) is 28.6. The minimum atomic E-state index is -0.746. The Kier molecular flexibility index (Phi) is 6.21. The van der Waals surface area contributed by atoms with Gasteiger partial charge in [0, 0.05) is 0 Å². The molecule has 11 nitrogen and oxygen atoms in total. The third-order valence-corrected chi connectivity index (χ3v) is 11.4. The van der Waals surface area contributed by atoms with Crippen LogP contribution in [0.2, 0.25) is 0 Å². The van der Waals surface area contributed by atoms with E-state index >= 15 is 0 Å². The maximum absolute atomic E-state index is 13.4. The van der Waals surface area contributed by atoms with Gasteiger partial charge < -0.3 is 19.9 Å². The van der Waals surface area contributed by atoms with E-state index in [0.717, 1.165) is 38.5 Å². The molecule has 8 bridgehead atoms. The highest BCUT2D eigenvalue weighted by Crippen LogP contribution is 2.58. The van der Waals surface area contributed by atoms with Crippen LogP contribution in [0.5, 0.6) is 0 Å². The summed E-state index contributed by atoms with van der Waals surface area (Å²) in [5, 5.41) is 0. The molecule has 0 atom stereocenters. The average Bonchev–Trinajstić information content (AvgIpc) is 3.28. The number of nitrogen functional groups attached to an aromatic ring is 1. The fourth-order valence-corrected chi connectivity index (χ4v) is 10.7. The quantitative estimate of drug-likeness (QED) is 0.422. The third-order valence-electron chi connectivity index (χ3n) is 11.4. The van der Waals surface area contributed by atoms with Crippen molar-refractivity contribution in [2.75, 3.05) is 5.73 Å². The zero-order valence-electron chi connectivity index (χ0n) is 24.1. The number of aromatic amines is 1. The van der Waals surface area contributed by atoms with Crippen molar-refractivity contribution in [2.24, 2.45) is 35.5 Å². The molecule has 2 heterocycles. The Hall–Kier alpha value is -2.95. The van der Waals surface area contributed by atoms with Crippen LogP contribution in [0.1, 0.15) is 89.9 Å². The van der Waals surface area contributed by atoms with E-state index < -0.39 is 11.7 Å². The molecule has 2 aromatic heterocycles. The van der Waals surface area contributed by atoms with Gasteiger partial charge >= 0.3 is 11.9 Å². The first-order valence-electron chi connectivity index (χ1n) is 16.0. The first kappa shape index (κ1) is 26.7. The molecule has 226 valence electrons. The Morgan fingerprint density at radius 2 is 1.31 bits per heavy atom. The smallest absolute Gasteiger partial charge is 0.308 e.